The zero-order valence-electron chi connectivity index (χ0n) is 15.2. The van der Waals surface area contributed by atoms with Gasteiger partial charge in [-0.05, 0) is 12.5 Å². The standard InChI is InChI=1S/C21H20N2O3S/c1-15(20(24)23(2)13-16-9-5-3-6-10-16)26-21(25)18-14-27-19(22-18)17-11-7-4-8-12-17/h3-12,14-15H,13H2,1-2H3/t15-/m1/s1. The molecule has 1 heterocycles. The number of aromatic nitrogens is 1. The van der Waals surface area contributed by atoms with Crippen LogP contribution in [0.2, 0.25) is 0 Å². The van der Waals surface area contributed by atoms with Gasteiger partial charge in [-0.3, -0.25) is 4.79 Å². The second-order valence-corrected chi connectivity index (χ2v) is 6.99. The van der Waals surface area contributed by atoms with E-state index in [0.29, 0.717) is 6.54 Å². The molecule has 0 fully saturated rings. The smallest absolute Gasteiger partial charge is 0.358 e. The van der Waals surface area contributed by atoms with Gasteiger partial charge in [-0.15, -0.1) is 11.3 Å². The average molecular weight is 380 g/mol. The number of benzene rings is 2. The van der Waals surface area contributed by atoms with E-state index in [1.807, 2.05) is 60.7 Å². The predicted molar refractivity (Wildman–Crippen MR) is 105 cm³/mol. The third kappa shape index (κ3) is 4.80. The highest BCUT2D eigenvalue weighted by molar-refractivity contribution is 7.13. The van der Waals surface area contributed by atoms with Crippen LogP contribution in [0.3, 0.4) is 0 Å². The van der Waals surface area contributed by atoms with E-state index in [2.05, 4.69) is 4.98 Å². The highest BCUT2D eigenvalue weighted by atomic mass is 32.1. The van der Waals surface area contributed by atoms with Gasteiger partial charge in [-0.1, -0.05) is 60.7 Å². The fraction of sp³-hybridized carbons (Fsp3) is 0.190. The Kier molecular flexibility index (Phi) is 5.98. The number of hydrogen-bond donors (Lipinski definition) is 0. The lowest BCUT2D eigenvalue weighted by Gasteiger charge is -2.21. The molecule has 0 saturated carbocycles. The van der Waals surface area contributed by atoms with E-state index in [-0.39, 0.29) is 11.6 Å². The van der Waals surface area contributed by atoms with Crippen LogP contribution in [0.1, 0.15) is 23.0 Å². The molecule has 0 aliphatic rings. The maximum atomic E-state index is 12.5. The lowest BCUT2D eigenvalue weighted by Crippen LogP contribution is -2.37. The van der Waals surface area contributed by atoms with Gasteiger partial charge in [-0.2, -0.15) is 0 Å². The van der Waals surface area contributed by atoms with Gasteiger partial charge in [0, 0.05) is 24.5 Å². The number of amides is 1. The molecule has 1 amide bonds. The molecule has 1 atom stereocenters. The Morgan fingerprint density at radius 3 is 2.37 bits per heavy atom. The second-order valence-electron chi connectivity index (χ2n) is 6.13. The molecule has 0 saturated heterocycles. The molecule has 0 aliphatic heterocycles. The molecule has 3 aromatic rings. The van der Waals surface area contributed by atoms with Crippen LogP contribution in [-0.4, -0.2) is 34.9 Å². The first-order chi connectivity index (χ1) is 13.0. The summed E-state index contributed by atoms with van der Waals surface area (Å²) in [4.78, 5) is 30.7. The van der Waals surface area contributed by atoms with Crippen LogP contribution >= 0.6 is 11.3 Å². The van der Waals surface area contributed by atoms with Gasteiger partial charge in [-0.25, -0.2) is 9.78 Å². The molecular weight excluding hydrogens is 360 g/mol. The lowest BCUT2D eigenvalue weighted by molar-refractivity contribution is -0.139. The normalized spacial score (nSPS) is 11.6. The van der Waals surface area contributed by atoms with E-state index >= 15 is 0 Å². The predicted octanol–water partition coefficient (Wildman–Crippen LogP) is 4.01. The Hall–Kier alpha value is -2.99. The van der Waals surface area contributed by atoms with Crippen molar-refractivity contribution in [1.29, 1.82) is 0 Å². The van der Waals surface area contributed by atoms with E-state index in [0.717, 1.165) is 16.1 Å². The Bertz CT molecular complexity index is 909. The summed E-state index contributed by atoms with van der Waals surface area (Å²) in [5.74, 6) is -0.854. The van der Waals surface area contributed by atoms with Gasteiger partial charge in [0.05, 0.1) is 0 Å². The Balaban J connectivity index is 1.60. The van der Waals surface area contributed by atoms with Crippen molar-refractivity contribution in [1.82, 2.24) is 9.88 Å². The summed E-state index contributed by atoms with van der Waals surface area (Å²) >= 11 is 1.37. The highest BCUT2D eigenvalue weighted by Crippen LogP contribution is 2.23. The molecule has 27 heavy (non-hydrogen) atoms. The van der Waals surface area contributed by atoms with E-state index in [4.69, 9.17) is 4.74 Å². The minimum atomic E-state index is -0.881. The highest BCUT2D eigenvalue weighted by Gasteiger charge is 2.23. The molecule has 5 nitrogen and oxygen atoms in total. The number of thiazole rings is 1. The molecule has 1 aromatic heterocycles. The van der Waals surface area contributed by atoms with Gasteiger partial charge in [0.1, 0.15) is 5.01 Å². The van der Waals surface area contributed by atoms with Gasteiger partial charge < -0.3 is 9.64 Å². The molecule has 0 aliphatic carbocycles. The zero-order valence-corrected chi connectivity index (χ0v) is 16.0. The molecule has 0 N–H and O–H groups in total. The summed E-state index contributed by atoms with van der Waals surface area (Å²) in [6, 6.07) is 19.3. The largest absolute Gasteiger partial charge is 0.448 e. The van der Waals surface area contributed by atoms with E-state index in [1.54, 1.807) is 24.3 Å². The van der Waals surface area contributed by atoms with Crippen molar-refractivity contribution in [3.05, 3.63) is 77.3 Å². The van der Waals surface area contributed by atoms with Gasteiger partial charge in [0.25, 0.3) is 5.91 Å². The van der Waals surface area contributed by atoms with Crippen LogP contribution in [0.5, 0.6) is 0 Å². The Morgan fingerprint density at radius 1 is 1.07 bits per heavy atom. The lowest BCUT2D eigenvalue weighted by atomic mass is 10.2. The summed E-state index contributed by atoms with van der Waals surface area (Å²) in [6.07, 6.45) is -0.881. The molecule has 138 valence electrons. The number of hydrogen-bond acceptors (Lipinski definition) is 5. The van der Waals surface area contributed by atoms with Gasteiger partial charge >= 0.3 is 5.97 Å². The van der Waals surface area contributed by atoms with Crippen molar-refractivity contribution < 1.29 is 14.3 Å². The molecule has 6 heteroatoms. The van der Waals surface area contributed by atoms with E-state index < -0.39 is 12.1 Å². The third-order valence-corrected chi connectivity index (χ3v) is 4.90. The SMILES string of the molecule is C[C@@H](OC(=O)c1csc(-c2ccccc2)n1)C(=O)N(C)Cc1ccccc1. The number of ether oxygens (including phenoxy) is 1. The number of carbonyl (C=O) groups is 2. The van der Waals surface area contributed by atoms with Crippen molar-refractivity contribution >= 4 is 23.2 Å². The van der Waals surface area contributed by atoms with Crippen molar-refractivity contribution in [2.75, 3.05) is 7.05 Å². The van der Waals surface area contributed by atoms with Crippen LogP contribution in [0.15, 0.2) is 66.0 Å². The van der Waals surface area contributed by atoms with Crippen LogP contribution < -0.4 is 0 Å². The molecule has 2 aromatic carbocycles. The fourth-order valence-corrected chi connectivity index (χ4v) is 3.39. The molecule has 0 spiro atoms. The Labute approximate surface area is 162 Å². The van der Waals surface area contributed by atoms with E-state index in [9.17, 15) is 9.59 Å². The monoisotopic (exact) mass is 380 g/mol. The minimum absolute atomic E-state index is 0.212. The van der Waals surface area contributed by atoms with Crippen molar-refractivity contribution in [2.45, 2.75) is 19.6 Å². The number of carbonyl (C=O) groups excluding carboxylic acids is 2. The van der Waals surface area contributed by atoms with Crippen LogP contribution in [0, 0.1) is 0 Å². The summed E-state index contributed by atoms with van der Waals surface area (Å²) in [5.41, 5.74) is 2.16. The minimum Gasteiger partial charge on any atom is -0.448 e. The first-order valence-electron chi connectivity index (χ1n) is 8.55. The topological polar surface area (TPSA) is 59.5 Å². The van der Waals surface area contributed by atoms with Crippen LogP contribution in [0.25, 0.3) is 10.6 Å². The maximum Gasteiger partial charge on any atom is 0.358 e. The molecule has 0 bridgehead atoms. The Morgan fingerprint density at radius 2 is 1.70 bits per heavy atom. The summed E-state index contributed by atoms with van der Waals surface area (Å²) in [7, 11) is 1.69. The second kappa shape index (κ2) is 8.60. The summed E-state index contributed by atoms with van der Waals surface area (Å²) < 4.78 is 5.32. The number of rotatable bonds is 6. The summed E-state index contributed by atoms with van der Waals surface area (Å²) in [5, 5.41) is 2.39. The van der Waals surface area contributed by atoms with Gasteiger partial charge in [0.15, 0.2) is 11.8 Å². The third-order valence-electron chi connectivity index (χ3n) is 4.00. The van der Waals surface area contributed by atoms with Crippen LogP contribution in [-0.2, 0) is 16.1 Å². The molecular formula is C21H20N2O3S. The number of esters is 1. The van der Waals surface area contributed by atoms with Crippen LogP contribution in [0.4, 0.5) is 0 Å². The van der Waals surface area contributed by atoms with Crippen molar-refractivity contribution in [2.24, 2.45) is 0 Å². The number of likely N-dealkylation sites (N-methyl/N-ethyl adjacent to an activating group) is 1. The zero-order chi connectivity index (χ0) is 19.2. The molecule has 3 rings (SSSR count). The van der Waals surface area contributed by atoms with Gasteiger partial charge in [0.2, 0.25) is 0 Å². The first kappa shape index (κ1) is 18.8. The summed E-state index contributed by atoms with van der Waals surface area (Å²) in [6.45, 7) is 2.03. The quantitative estimate of drug-likeness (QED) is 0.606. The first-order valence-corrected chi connectivity index (χ1v) is 9.43. The van der Waals surface area contributed by atoms with E-state index in [1.165, 1.54) is 11.3 Å². The van der Waals surface area contributed by atoms with Crippen molar-refractivity contribution in [3.8, 4) is 10.6 Å². The fourth-order valence-electron chi connectivity index (χ4n) is 2.60. The molecule has 0 radical (unpaired) electrons. The number of nitrogens with zero attached hydrogens (tertiary/aromatic N) is 2. The van der Waals surface area contributed by atoms with Crippen molar-refractivity contribution in [3.63, 3.8) is 0 Å². The maximum absolute atomic E-state index is 12.5. The average Bonchev–Trinajstić information content (AvgIpc) is 3.19. The molecule has 0 unspecified atom stereocenters.